The van der Waals surface area contributed by atoms with E-state index in [2.05, 4.69) is 9.97 Å². The molecule has 1 aliphatic carbocycles. The van der Waals surface area contributed by atoms with Gasteiger partial charge in [0.1, 0.15) is 12.1 Å². The average Bonchev–Trinajstić information content (AvgIpc) is 2.56. The van der Waals surface area contributed by atoms with E-state index in [1.807, 2.05) is 10.6 Å². The van der Waals surface area contributed by atoms with Crippen molar-refractivity contribution in [3.8, 4) is 0 Å². The van der Waals surface area contributed by atoms with Crippen LogP contribution >= 0.6 is 0 Å². The fraction of sp³-hybridized carbons (Fsp3) is 0.625. The number of halogens is 7. The van der Waals surface area contributed by atoms with Crippen LogP contribution < -0.4 is 10.6 Å². The minimum absolute atomic E-state index is 0.256. The van der Waals surface area contributed by atoms with Gasteiger partial charge in [-0.3, -0.25) is 0 Å². The monoisotopic (exact) mass is 416 g/mol. The first-order chi connectivity index (χ1) is 12.8. The molecule has 0 amide bonds. The Morgan fingerprint density at radius 1 is 1.00 bits per heavy atom. The lowest BCUT2D eigenvalue weighted by molar-refractivity contribution is -0.139. The van der Waals surface area contributed by atoms with Gasteiger partial charge in [0.05, 0.1) is 6.10 Å². The molecule has 1 aromatic heterocycles. The molecule has 2 rings (SSSR count). The van der Waals surface area contributed by atoms with Crippen LogP contribution in [0.3, 0.4) is 0 Å². The highest BCUT2D eigenvalue weighted by Crippen LogP contribution is 2.32. The molecule has 3 unspecified atom stereocenters. The Hall–Kier alpha value is -2.11. The SMILES string of the molecule is CC(Nc1nc(C2=CC(O)CCC2)nc(NC(C)C(F)(F)F)c1F)C(F)(F)F. The van der Waals surface area contributed by atoms with Crippen LogP contribution in [-0.4, -0.2) is 45.6 Å². The van der Waals surface area contributed by atoms with Gasteiger partial charge in [0, 0.05) is 0 Å². The Balaban J connectivity index is 2.48. The van der Waals surface area contributed by atoms with E-state index in [4.69, 9.17) is 0 Å². The molecule has 0 bridgehead atoms. The Labute approximate surface area is 156 Å². The van der Waals surface area contributed by atoms with Gasteiger partial charge < -0.3 is 15.7 Å². The molecule has 158 valence electrons. The van der Waals surface area contributed by atoms with Gasteiger partial charge in [-0.05, 0) is 44.8 Å². The maximum Gasteiger partial charge on any atom is 0.408 e. The molecule has 0 spiro atoms. The third-order valence-electron chi connectivity index (χ3n) is 4.17. The van der Waals surface area contributed by atoms with E-state index in [0.717, 1.165) is 13.8 Å². The summed E-state index contributed by atoms with van der Waals surface area (Å²) < 4.78 is 91.4. The van der Waals surface area contributed by atoms with Gasteiger partial charge in [0.25, 0.3) is 0 Å². The molecule has 5 nitrogen and oxygen atoms in total. The highest BCUT2D eigenvalue weighted by Gasteiger charge is 2.39. The normalized spacial score (nSPS) is 20.4. The summed E-state index contributed by atoms with van der Waals surface area (Å²) in [7, 11) is 0. The standard InChI is InChI=1S/C16H19F7N4O/c1-7(15(18,19)20)24-13-11(17)14(25-8(2)16(21,22)23)27-12(26-13)9-4-3-5-10(28)6-9/h6-8,10,28H,3-5H2,1-2H3,(H2,24,25,26,27). The summed E-state index contributed by atoms with van der Waals surface area (Å²) in [6.07, 6.45) is -7.67. The highest BCUT2D eigenvalue weighted by atomic mass is 19.4. The van der Waals surface area contributed by atoms with E-state index >= 15 is 0 Å². The number of allylic oxidation sites excluding steroid dienone is 1. The van der Waals surface area contributed by atoms with E-state index in [1.54, 1.807) is 0 Å². The second-order valence-corrected chi connectivity index (χ2v) is 6.53. The second kappa shape index (κ2) is 8.10. The van der Waals surface area contributed by atoms with Crippen molar-refractivity contribution in [2.24, 2.45) is 0 Å². The van der Waals surface area contributed by atoms with Crippen LogP contribution in [0.15, 0.2) is 6.08 Å². The lowest BCUT2D eigenvalue weighted by Gasteiger charge is -2.23. The number of hydrogen-bond donors (Lipinski definition) is 3. The first-order valence-corrected chi connectivity index (χ1v) is 8.42. The molecule has 0 saturated carbocycles. The Bertz CT molecular complexity index is 690. The van der Waals surface area contributed by atoms with Gasteiger partial charge in [-0.15, -0.1) is 0 Å². The molecule has 0 radical (unpaired) electrons. The Morgan fingerprint density at radius 3 is 1.86 bits per heavy atom. The zero-order valence-corrected chi connectivity index (χ0v) is 14.9. The molecule has 1 heterocycles. The highest BCUT2D eigenvalue weighted by molar-refractivity contribution is 5.65. The van der Waals surface area contributed by atoms with Gasteiger partial charge in [0.15, 0.2) is 17.5 Å². The zero-order chi connectivity index (χ0) is 21.3. The Morgan fingerprint density at radius 2 is 1.46 bits per heavy atom. The predicted molar refractivity (Wildman–Crippen MR) is 88.1 cm³/mol. The largest absolute Gasteiger partial charge is 0.408 e. The number of nitrogens with zero attached hydrogens (tertiary/aromatic N) is 2. The van der Waals surface area contributed by atoms with E-state index in [-0.39, 0.29) is 5.82 Å². The molecule has 0 aliphatic heterocycles. The van der Waals surface area contributed by atoms with E-state index in [9.17, 15) is 35.8 Å². The van der Waals surface area contributed by atoms with Crippen molar-refractivity contribution in [3.63, 3.8) is 0 Å². The van der Waals surface area contributed by atoms with Crippen LogP contribution in [0.5, 0.6) is 0 Å². The van der Waals surface area contributed by atoms with E-state index < -0.39 is 48.0 Å². The minimum atomic E-state index is -4.73. The number of aromatic nitrogens is 2. The van der Waals surface area contributed by atoms with Crippen molar-refractivity contribution in [2.75, 3.05) is 10.6 Å². The smallest absolute Gasteiger partial charge is 0.389 e. The zero-order valence-electron chi connectivity index (χ0n) is 14.9. The van der Waals surface area contributed by atoms with Gasteiger partial charge in [-0.25, -0.2) is 9.97 Å². The van der Waals surface area contributed by atoms with Gasteiger partial charge in [0.2, 0.25) is 5.82 Å². The fourth-order valence-corrected chi connectivity index (χ4v) is 2.44. The van der Waals surface area contributed by atoms with Gasteiger partial charge >= 0.3 is 12.4 Å². The number of anilines is 2. The molecular weight excluding hydrogens is 397 g/mol. The first-order valence-electron chi connectivity index (χ1n) is 8.42. The van der Waals surface area contributed by atoms with Crippen LogP contribution in [0.25, 0.3) is 5.57 Å². The number of aliphatic hydroxyl groups is 1. The second-order valence-electron chi connectivity index (χ2n) is 6.53. The fourth-order valence-electron chi connectivity index (χ4n) is 2.44. The summed E-state index contributed by atoms with van der Waals surface area (Å²) in [4.78, 5) is 7.43. The van der Waals surface area contributed by atoms with E-state index in [1.165, 1.54) is 6.08 Å². The van der Waals surface area contributed by atoms with Crippen molar-refractivity contribution in [2.45, 2.75) is 63.7 Å². The molecule has 12 heteroatoms. The number of alkyl halides is 6. The summed E-state index contributed by atoms with van der Waals surface area (Å²) in [5, 5.41) is 13.4. The molecule has 28 heavy (non-hydrogen) atoms. The number of nitrogens with one attached hydrogen (secondary N) is 2. The number of aliphatic hydroxyl groups excluding tert-OH is 1. The van der Waals surface area contributed by atoms with Crippen molar-refractivity contribution < 1.29 is 35.8 Å². The van der Waals surface area contributed by atoms with Crippen molar-refractivity contribution in [1.29, 1.82) is 0 Å². The molecule has 0 fully saturated rings. The molecule has 1 aromatic rings. The van der Waals surface area contributed by atoms with E-state index in [0.29, 0.717) is 24.8 Å². The van der Waals surface area contributed by atoms with Crippen molar-refractivity contribution in [3.05, 3.63) is 17.7 Å². The number of hydrogen-bond acceptors (Lipinski definition) is 5. The van der Waals surface area contributed by atoms with Crippen molar-refractivity contribution >= 4 is 17.2 Å². The Kier molecular flexibility index (Phi) is 6.41. The summed E-state index contributed by atoms with van der Waals surface area (Å²) in [5.41, 5.74) is 0.309. The summed E-state index contributed by atoms with van der Waals surface area (Å²) >= 11 is 0. The first kappa shape index (κ1) is 22.2. The van der Waals surface area contributed by atoms with Crippen LogP contribution in [-0.2, 0) is 0 Å². The number of rotatable bonds is 5. The summed E-state index contributed by atoms with van der Waals surface area (Å²) in [6, 6.07) is -4.41. The predicted octanol–water partition coefficient (Wildman–Crippen LogP) is 4.27. The lowest BCUT2D eigenvalue weighted by Crippen LogP contribution is -2.35. The van der Waals surface area contributed by atoms with Crippen LogP contribution in [0.4, 0.5) is 42.4 Å². The average molecular weight is 416 g/mol. The third-order valence-corrected chi connectivity index (χ3v) is 4.17. The molecule has 3 atom stereocenters. The maximum atomic E-state index is 14.5. The summed E-state index contributed by atoms with van der Waals surface area (Å²) in [5.74, 6) is -3.48. The van der Waals surface area contributed by atoms with Crippen LogP contribution in [0.2, 0.25) is 0 Å². The quantitative estimate of drug-likeness (QED) is 0.626. The molecule has 3 N–H and O–H groups in total. The van der Waals surface area contributed by atoms with Gasteiger partial charge in [-0.1, -0.05) is 0 Å². The topological polar surface area (TPSA) is 70.1 Å². The van der Waals surface area contributed by atoms with Crippen LogP contribution in [0, 0.1) is 5.82 Å². The molecule has 1 aliphatic rings. The molecular formula is C16H19F7N4O. The molecule has 0 aromatic carbocycles. The lowest BCUT2D eigenvalue weighted by atomic mass is 9.97. The third kappa shape index (κ3) is 5.46. The summed E-state index contributed by atoms with van der Waals surface area (Å²) in [6.45, 7) is 1.44. The molecule has 0 saturated heterocycles. The van der Waals surface area contributed by atoms with Crippen LogP contribution in [0.1, 0.15) is 38.9 Å². The van der Waals surface area contributed by atoms with Crippen molar-refractivity contribution in [1.82, 2.24) is 9.97 Å². The maximum absolute atomic E-state index is 14.5. The minimum Gasteiger partial charge on any atom is -0.389 e. The van der Waals surface area contributed by atoms with Gasteiger partial charge in [-0.2, -0.15) is 30.7 Å².